The van der Waals surface area contributed by atoms with E-state index in [0.717, 1.165) is 0 Å². The maximum Gasteiger partial charge on any atom is 0.275 e. The molecule has 3 amide bonds. The number of amides is 3. The highest BCUT2D eigenvalue weighted by Crippen LogP contribution is 2.28. The number of carbonyl (C=O) groups is 3. The van der Waals surface area contributed by atoms with E-state index in [1.807, 2.05) is 0 Å². The van der Waals surface area contributed by atoms with Gasteiger partial charge in [-0.15, -0.1) is 0 Å². The second-order valence-electron chi connectivity index (χ2n) is 8.03. The van der Waals surface area contributed by atoms with E-state index in [9.17, 15) is 14.4 Å². The predicted octanol–water partition coefficient (Wildman–Crippen LogP) is 2.18. The number of ether oxygens (including phenoxy) is 2. The van der Waals surface area contributed by atoms with Crippen molar-refractivity contribution in [1.29, 1.82) is 0 Å². The van der Waals surface area contributed by atoms with Crippen molar-refractivity contribution in [2.45, 2.75) is 18.9 Å². The fraction of sp³-hybridized carbons (Fsp3) is 0.280. The van der Waals surface area contributed by atoms with E-state index in [-0.39, 0.29) is 29.2 Å². The first-order chi connectivity index (χ1) is 17.5. The number of piperidine rings is 1. The van der Waals surface area contributed by atoms with E-state index < -0.39 is 11.8 Å². The number of pyridine rings is 1. The number of nitrogens with zero attached hydrogens (tertiary/aromatic N) is 4. The predicted molar refractivity (Wildman–Crippen MR) is 130 cm³/mol. The van der Waals surface area contributed by atoms with Gasteiger partial charge >= 0.3 is 0 Å². The Kier molecular flexibility index (Phi) is 7.69. The largest absolute Gasteiger partial charge is 0.493 e. The molecule has 0 unspecified atom stereocenters. The lowest BCUT2D eigenvalue weighted by molar-refractivity contribution is 0.0697. The SMILES string of the molecule is COc1ccc(C(=O)N2CCC(NC(=O)c3nccnc3NC(=O)c3ccccn3)CC2)cc1OC. The van der Waals surface area contributed by atoms with Gasteiger partial charge < -0.3 is 25.0 Å². The summed E-state index contributed by atoms with van der Waals surface area (Å²) in [6.07, 6.45) is 5.42. The van der Waals surface area contributed by atoms with Gasteiger partial charge in [0.2, 0.25) is 0 Å². The third-order valence-electron chi connectivity index (χ3n) is 5.79. The summed E-state index contributed by atoms with van der Waals surface area (Å²) < 4.78 is 10.5. The van der Waals surface area contributed by atoms with E-state index in [1.165, 1.54) is 32.8 Å². The topological polar surface area (TPSA) is 136 Å². The Bertz CT molecular complexity index is 1240. The summed E-state index contributed by atoms with van der Waals surface area (Å²) >= 11 is 0. The first-order valence-electron chi connectivity index (χ1n) is 11.4. The number of rotatable bonds is 7. The van der Waals surface area contributed by atoms with Gasteiger partial charge in [0.05, 0.1) is 14.2 Å². The van der Waals surface area contributed by atoms with Crippen LogP contribution in [-0.4, -0.2) is 70.9 Å². The maximum atomic E-state index is 13.0. The van der Waals surface area contributed by atoms with Gasteiger partial charge in [0.25, 0.3) is 17.7 Å². The molecule has 3 heterocycles. The lowest BCUT2D eigenvalue weighted by Gasteiger charge is -2.32. The van der Waals surface area contributed by atoms with Crippen LogP contribution in [0.2, 0.25) is 0 Å². The summed E-state index contributed by atoms with van der Waals surface area (Å²) in [5.41, 5.74) is 0.703. The first kappa shape index (κ1) is 24.6. The highest BCUT2D eigenvalue weighted by atomic mass is 16.5. The Balaban J connectivity index is 1.35. The Morgan fingerprint density at radius 1 is 0.889 bits per heavy atom. The van der Waals surface area contributed by atoms with Crippen molar-refractivity contribution in [2.24, 2.45) is 0 Å². The van der Waals surface area contributed by atoms with Crippen LogP contribution in [0.15, 0.2) is 55.0 Å². The molecule has 11 nitrogen and oxygen atoms in total. The van der Waals surface area contributed by atoms with E-state index >= 15 is 0 Å². The number of methoxy groups -OCH3 is 2. The van der Waals surface area contributed by atoms with Gasteiger partial charge in [0.1, 0.15) is 5.69 Å². The van der Waals surface area contributed by atoms with Crippen molar-refractivity contribution in [3.05, 3.63) is 71.9 Å². The second kappa shape index (κ2) is 11.3. The summed E-state index contributed by atoms with van der Waals surface area (Å²) in [4.78, 5) is 52.3. The molecule has 1 aromatic carbocycles. The number of anilines is 1. The number of carbonyl (C=O) groups excluding carboxylic acids is 3. The van der Waals surface area contributed by atoms with E-state index in [4.69, 9.17) is 9.47 Å². The van der Waals surface area contributed by atoms with E-state index in [2.05, 4.69) is 25.6 Å². The molecular formula is C25H26N6O5. The van der Waals surface area contributed by atoms with Crippen molar-refractivity contribution in [3.63, 3.8) is 0 Å². The molecule has 0 radical (unpaired) electrons. The molecule has 186 valence electrons. The second-order valence-corrected chi connectivity index (χ2v) is 8.03. The number of hydrogen-bond donors (Lipinski definition) is 2. The molecule has 0 bridgehead atoms. The number of aromatic nitrogens is 3. The number of likely N-dealkylation sites (tertiary alicyclic amines) is 1. The minimum absolute atomic E-state index is 0.00520. The van der Waals surface area contributed by atoms with Crippen LogP contribution in [0.3, 0.4) is 0 Å². The highest BCUT2D eigenvalue weighted by Gasteiger charge is 2.27. The third-order valence-corrected chi connectivity index (χ3v) is 5.79. The van der Waals surface area contributed by atoms with Crippen molar-refractivity contribution in [3.8, 4) is 11.5 Å². The molecule has 11 heteroatoms. The van der Waals surface area contributed by atoms with Crippen LogP contribution in [0.25, 0.3) is 0 Å². The zero-order valence-corrected chi connectivity index (χ0v) is 19.9. The van der Waals surface area contributed by atoms with Crippen molar-refractivity contribution in [2.75, 3.05) is 32.6 Å². The zero-order chi connectivity index (χ0) is 25.5. The van der Waals surface area contributed by atoms with Crippen LogP contribution in [0.5, 0.6) is 11.5 Å². The summed E-state index contributed by atoms with van der Waals surface area (Å²) in [5, 5.41) is 5.53. The summed E-state index contributed by atoms with van der Waals surface area (Å²) in [6.45, 7) is 0.948. The van der Waals surface area contributed by atoms with Crippen LogP contribution in [-0.2, 0) is 0 Å². The lowest BCUT2D eigenvalue weighted by Crippen LogP contribution is -2.46. The van der Waals surface area contributed by atoms with Crippen LogP contribution < -0.4 is 20.1 Å². The van der Waals surface area contributed by atoms with Crippen molar-refractivity contribution in [1.82, 2.24) is 25.2 Å². The third kappa shape index (κ3) is 5.57. The van der Waals surface area contributed by atoms with Crippen LogP contribution in [0.1, 0.15) is 44.2 Å². The van der Waals surface area contributed by atoms with Gasteiger partial charge in [-0.3, -0.25) is 19.4 Å². The highest BCUT2D eigenvalue weighted by molar-refractivity contribution is 6.06. The molecule has 36 heavy (non-hydrogen) atoms. The van der Waals surface area contributed by atoms with Gasteiger partial charge in [0.15, 0.2) is 23.0 Å². The fourth-order valence-corrected chi connectivity index (χ4v) is 3.90. The normalized spacial score (nSPS) is 13.6. The van der Waals surface area contributed by atoms with Crippen molar-refractivity contribution < 1.29 is 23.9 Å². The Hall–Kier alpha value is -4.54. The molecule has 0 saturated carbocycles. The Labute approximate surface area is 207 Å². The molecule has 0 spiro atoms. The Morgan fingerprint density at radius 3 is 2.33 bits per heavy atom. The molecule has 2 aromatic heterocycles. The van der Waals surface area contributed by atoms with Crippen molar-refractivity contribution >= 4 is 23.5 Å². The molecular weight excluding hydrogens is 464 g/mol. The van der Waals surface area contributed by atoms with Crippen LogP contribution in [0.4, 0.5) is 5.82 Å². The maximum absolute atomic E-state index is 13.0. The molecule has 0 aliphatic carbocycles. The summed E-state index contributed by atoms with van der Waals surface area (Å²) in [6, 6.07) is 9.84. The Morgan fingerprint density at radius 2 is 1.64 bits per heavy atom. The average molecular weight is 491 g/mol. The smallest absolute Gasteiger partial charge is 0.275 e. The zero-order valence-electron chi connectivity index (χ0n) is 19.9. The molecule has 4 rings (SSSR count). The minimum Gasteiger partial charge on any atom is -0.493 e. The molecule has 1 aliphatic heterocycles. The fourth-order valence-electron chi connectivity index (χ4n) is 3.90. The molecule has 2 N–H and O–H groups in total. The summed E-state index contributed by atoms with van der Waals surface area (Å²) in [7, 11) is 3.06. The molecule has 1 fully saturated rings. The monoisotopic (exact) mass is 490 g/mol. The first-order valence-corrected chi connectivity index (χ1v) is 11.4. The van der Waals surface area contributed by atoms with Gasteiger partial charge in [-0.2, -0.15) is 0 Å². The molecule has 1 aliphatic rings. The average Bonchev–Trinajstić information content (AvgIpc) is 2.93. The van der Waals surface area contributed by atoms with Gasteiger partial charge in [0, 0.05) is 43.3 Å². The molecule has 0 atom stereocenters. The van der Waals surface area contributed by atoms with Gasteiger partial charge in [-0.05, 0) is 43.2 Å². The quantitative estimate of drug-likeness (QED) is 0.514. The minimum atomic E-state index is -0.493. The summed E-state index contributed by atoms with van der Waals surface area (Å²) in [5.74, 6) is 0.0209. The lowest BCUT2D eigenvalue weighted by atomic mass is 10.0. The molecule has 1 saturated heterocycles. The standard InChI is InChI=1S/C25H26N6O5/c1-35-19-7-6-16(15-20(19)36-2)25(34)31-13-8-17(9-14-31)29-24(33)21-22(28-12-11-27-21)30-23(32)18-5-3-4-10-26-18/h3-7,10-12,15,17H,8-9,13-14H2,1-2H3,(H,29,33)(H,28,30,32). The van der Waals surface area contributed by atoms with E-state index in [1.54, 1.807) is 41.3 Å². The number of benzene rings is 1. The van der Waals surface area contributed by atoms with E-state index in [0.29, 0.717) is 43.0 Å². The number of nitrogens with one attached hydrogen (secondary N) is 2. The van der Waals surface area contributed by atoms with Gasteiger partial charge in [-0.25, -0.2) is 9.97 Å². The van der Waals surface area contributed by atoms with Crippen LogP contribution in [0, 0.1) is 0 Å². The van der Waals surface area contributed by atoms with Crippen LogP contribution >= 0.6 is 0 Å². The molecule has 3 aromatic rings. The number of hydrogen-bond acceptors (Lipinski definition) is 8. The van der Waals surface area contributed by atoms with Gasteiger partial charge in [-0.1, -0.05) is 6.07 Å².